The average Bonchev–Trinajstić information content (AvgIpc) is 3.29. The van der Waals surface area contributed by atoms with Crippen LogP contribution in [0.2, 0.25) is 0 Å². The molecule has 0 aliphatic carbocycles. The van der Waals surface area contributed by atoms with Crippen LogP contribution in [-0.2, 0) is 9.53 Å². The number of carbonyl (C=O) groups is 2. The largest absolute Gasteiger partial charge is 0.447 e. The van der Waals surface area contributed by atoms with Crippen LogP contribution in [-0.4, -0.2) is 57.5 Å². The molecule has 0 saturated heterocycles. The van der Waals surface area contributed by atoms with Gasteiger partial charge in [0.25, 0.3) is 17.5 Å². The van der Waals surface area contributed by atoms with Crippen molar-refractivity contribution in [1.29, 1.82) is 0 Å². The quantitative estimate of drug-likeness (QED) is 0.484. The molecular weight excluding hydrogens is 354 g/mol. The van der Waals surface area contributed by atoms with E-state index in [0.29, 0.717) is 11.2 Å². The van der Waals surface area contributed by atoms with Crippen molar-refractivity contribution in [3.63, 3.8) is 0 Å². The Hall–Kier alpha value is -3.96. The van der Waals surface area contributed by atoms with Gasteiger partial charge in [-0.1, -0.05) is 0 Å². The fraction of sp³-hybridized carbons (Fsp3) is 0.200. The summed E-state index contributed by atoms with van der Waals surface area (Å²) in [6, 6.07) is 1.73. The van der Waals surface area contributed by atoms with Gasteiger partial charge in [-0.25, -0.2) is 29.2 Å². The smallest absolute Gasteiger partial charge is 0.379 e. The number of nitrogens with one attached hydrogen (secondary N) is 2. The fourth-order valence-electron chi connectivity index (χ4n) is 2.34. The minimum atomic E-state index is -1.11. The summed E-state index contributed by atoms with van der Waals surface area (Å²) in [5.41, 5.74) is 1.62. The molecule has 0 unspecified atom stereocenters. The van der Waals surface area contributed by atoms with Gasteiger partial charge in [-0.05, 0) is 19.9 Å². The molecule has 0 aliphatic rings. The number of aromatic amines is 1. The Morgan fingerprint density at radius 2 is 2.11 bits per heavy atom. The first-order valence-electron chi connectivity index (χ1n) is 7.87. The van der Waals surface area contributed by atoms with Crippen LogP contribution in [0.1, 0.15) is 23.2 Å². The van der Waals surface area contributed by atoms with Crippen molar-refractivity contribution in [3.05, 3.63) is 36.4 Å². The van der Waals surface area contributed by atoms with Crippen LogP contribution in [0.15, 0.2) is 24.9 Å². The topological polar surface area (TPSA) is 153 Å². The molecule has 0 saturated carbocycles. The summed E-state index contributed by atoms with van der Waals surface area (Å²) < 4.78 is 6.56. The Morgan fingerprint density at radius 1 is 1.26 bits per heavy atom. The monoisotopic (exact) mass is 367 g/mol. The number of hydrogen-bond acceptors (Lipinski definition) is 9. The van der Waals surface area contributed by atoms with Crippen LogP contribution < -0.4 is 5.32 Å². The summed E-state index contributed by atoms with van der Waals surface area (Å²) in [6.07, 6.45) is 3.16. The van der Waals surface area contributed by atoms with Gasteiger partial charge in [-0.15, -0.1) is 5.10 Å². The molecule has 2 N–H and O–H groups in total. The molecule has 0 bridgehead atoms. The molecule has 1 amide bonds. The number of anilines is 1. The van der Waals surface area contributed by atoms with Crippen molar-refractivity contribution in [2.24, 2.45) is 0 Å². The second kappa shape index (κ2) is 6.40. The lowest BCUT2D eigenvalue weighted by atomic mass is 10.3. The van der Waals surface area contributed by atoms with Crippen molar-refractivity contribution in [1.82, 2.24) is 39.5 Å². The number of nitrogens with zero attached hydrogens (tertiary/aromatic N) is 7. The number of aryl methyl sites for hydroxylation is 1. The molecule has 0 aromatic carbocycles. The van der Waals surface area contributed by atoms with Crippen molar-refractivity contribution >= 4 is 34.6 Å². The number of rotatable bonds is 4. The van der Waals surface area contributed by atoms with Gasteiger partial charge >= 0.3 is 5.97 Å². The number of fused-ring (bicyclic) bond motifs is 2. The number of H-pyrrole nitrogens is 1. The third-order valence-corrected chi connectivity index (χ3v) is 3.73. The van der Waals surface area contributed by atoms with Gasteiger partial charge in [0.15, 0.2) is 17.6 Å². The Kier molecular flexibility index (Phi) is 3.91. The van der Waals surface area contributed by atoms with Gasteiger partial charge in [0.05, 0.1) is 6.33 Å². The number of imidazole rings is 1. The van der Waals surface area contributed by atoms with Gasteiger partial charge in [0.1, 0.15) is 11.8 Å². The van der Waals surface area contributed by atoms with Crippen molar-refractivity contribution in [2.45, 2.75) is 20.0 Å². The standard InChI is InChI=1S/C15H13N9O3/c1-7-3-4-16-15-22-12(23-24(7)15)14(26)27-8(2)13(25)21-11-9-10(18-5-17-9)19-6-20-11/h3-6,8H,1-2H3,(H2,17,18,19,20,21,25)/t8-/m1/s1. The number of ether oxygens (including phenoxy) is 1. The molecule has 0 radical (unpaired) electrons. The van der Waals surface area contributed by atoms with Crippen LogP contribution >= 0.6 is 0 Å². The molecule has 0 spiro atoms. The van der Waals surface area contributed by atoms with Crippen LogP contribution in [0, 0.1) is 6.92 Å². The summed E-state index contributed by atoms with van der Waals surface area (Å²) in [7, 11) is 0. The summed E-state index contributed by atoms with van der Waals surface area (Å²) in [6.45, 7) is 3.23. The van der Waals surface area contributed by atoms with Gasteiger partial charge in [0.2, 0.25) is 0 Å². The highest BCUT2D eigenvalue weighted by Crippen LogP contribution is 2.15. The zero-order valence-corrected chi connectivity index (χ0v) is 14.2. The molecule has 4 rings (SSSR count). The van der Waals surface area contributed by atoms with Crippen LogP contribution in [0.5, 0.6) is 0 Å². The Labute approximate surface area is 151 Å². The highest BCUT2D eigenvalue weighted by molar-refractivity contribution is 6.00. The normalized spacial score (nSPS) is 12.2. The van der Waals surface area contributed by atoms with E-state index in [-0.39, 0.29) is 17.4 Å². The number of aromatic nitrogens is 8. The lowest BCUT2D eigenvalue weighted by Crippen LogP contribution is -2.30. The van der Waals surface area contributed by atoms with E-state index >= 15 is 0 Å². The van der Waals surface area contributed by atoms with Gasteiger partial charge < -0.3 is 15.0 Å². The Morgan fingerprint density at radius 3 is 2.93 bits per heavy atom. The molecule has 0 aliphatic heterocycles. The maximum absolute atomic E-state index is 12.3. The lowest BCUT2D eigenvalue weighted by molar-refractivity contribution is -0.123. The van der Waals surface area contributed by atoms with Gasteiger partial charge in [-0.2, -0.15) is 4.98 Å². The third kappa shape index (κ3) is 3.03. The Bertz CT molecular complexity index is 1170. The first-order valence-corrected chi connectivity index (χ1v) is 7.87. The van der Waals surface area contributed by atoms with Gasteiger partial charge in [0, 0.05) is 11.9 Å². The van der Waals surface area contributed by atoms with E-state index in [1.807, 2.05) is 0 Å². The predicted octanol–water partition coefficient (Wildman–Crippen LogP) is 0.283. The van der Waals surface area contributed by atoms with Crippen LogP contribution in [0.25, 0.3) is 16.9 Å². The number of esters is 1. The molecular formula is C15H13N9O3. The molecule has 1 atom stereocenters. The van der Waals surface area contributed by atoms with Gasteiger partial charge in [-0.3, -0.25) is 4.79 Å². The molecule has 136 valence electrons. The number of carbonyl (C=O) groups excluding carboxylic acids is 2. The van der Waals surface area contributed by atoms with E-state index in [1.54, 1.807) is 19.2 Å². The van der Waals surface area contributed by atoms with E-state index in [1.165, 1.54) is 24.1 Å². The fourth-order valence-corrected chi connectivity index (χ4v) is 2.34. The maximum Gasteiger partial charge on any atom is 0.379 e. The summed E-state index contributed by atoms with van der Waals surface area (Å²) in [5, 5.41) is 6.61. The van der Waals surface area contributed by atoms with Crippen molar-refractivity contribution < 1.29 is 14.3 Å². The zero-order chi connectivity index (χ0) is 19.0. The van der Waals surface area contributed by atoms with E-state index in [9.17, 15) is 9.59 Å². The molecule has 4 heterocycles. The first-order chi connectivity index (χ1) is 13.0. The highest BCUT2D eigenvalue weighted by Gasteiger charge is 2.23. The zero-order valence-electron chi connectivity index (χ0n) is 14.2. The second-order valence-electron chi connectivity index (χ2n) is 5.59. The minimum Gasteiger partial charge on any atom is -0.447 e. The lowest BCUT2D eigenvalue weighted by Gasteiger charge is -2.12. The molecule has 12 heteroatoms. The first kappa shape index (κ1) is 16.5. The minimum absolute atomic E-state index is 0.186. The number of amides is 1. The number of hydrogen-bond donors (Lipinski definition) is 2. The van der Waals surface area contributed by atoms with Crippen LogP contribution in [0.3, 0.4) is 0 Å². The highest BCUT2D eigenvalue weighted by atomic mass is 16.5. The summed E-state index contributed by atoms with van der Waals surface area (Å²) in [5.74, 6) is -1.10. The third-order valence-electron chi connectivity index (χ3n) is 3.73. The summed E-state index contributed by atoms with van der Waals surface area (Å²) in [4.78, 5) is 47.4. The maximum atomic E-state index is 12.3. The van der Waals surface area contributed by atoms with Crippen molar-refractivity contribution in [2.75, 3.05) is 5.32 Å². The van der Waals surface area contributed by atoms with E-state index < -0.39 is 18.0 Å². The van der Waals surface area contributed by atoms with Crippen LogP contribution in [0.4, 0.5) is 5.82 Å². The Balaban J connectivity index is 1.48. The average molecular weight is 367 g/mol. The molecule has 12 nitrogen and oxygen atoms in total. The summed E-state index contributed by atoms with van der Waals surface area (Å²) >= 11 is 0. The van der Waals surface area contributed by atoms with E-state index in [2.05, 4.69) is 40.3 Å². The van der Waals surface area contributed by atoms with E-state index in [4.69, 9.17) is 4.74 Å². The molecule has 0 fully saturated rings. The van der Waals surface area contributed by atoms with E-state index in [0.717, 1.165) is 5.69 Å². The second-order valence-corrected chi connectivity index (χ2v) is 5.59. The molecule has 27 heavy (non-hydrogen) atoms. The molecule has 4 aromatic heterocycles. The predicted molar refractivity (Wildman–Crippen MR) is 90.7 cm³/mol. The SMILES string of the molecule is Cc1ccnc2nc(C(=O)O[C@H](C)C(=O)Nc3ncnc4nc[nH]c34)nn12. The molecule has 4 aromatic rings. The van der Waals surface area contributed by atoms with Crippen molar-refractivity contribution in [3.8, 4) is 0 Å².